The fourth-order valence-corrected chi connectivity index (χ4v) is 2.22. The van der Waals surface area contributed by atoms with Crippen molar-refractivity contribution < 1.29 is 14.3 Å². The third-order valence-corrected chi connectivity index (χ3v) is 3.36. The number of esters is 1. The second kappa shape index (κ2) is 6.57. The van der Waals surface area contributed by atoms with E-state index < -0.39 is 5.97 Å². The molecule has 19 heavy (non-hydrogen) atoms. The molecule has 0 radical (unpaired) electrons. The molecule has 0 aromatic heterocycles. The molecule has 5 heteroatoms. The second-order valence-electron chi connectivity index (χ2n) is 4.53. The zero-order valence-electron chi connectivity index (χ0n) is 10.6. The lowest BCUT2D eigenvalue weighted by molar-refractivity contribution is -0.142. The van der Waals surface area contributed by atoms with Crippen molar-refractivity contribution in [1.29, 1.82) is 0 Å². The van der Waals surface area contributed by atoms with Crippen LogP contribution in [0.25, 0.3) is 0 Å². The van der Waals surface area contributed by atoms with Crippen LogP contribution in [0.15, 0.2) is 24.3 Å². The van der Waals surface area contributed by atoms with Gasteiger partial charge in [0.15, 0.2) is 0 Å². The van der Waals surface area contributed by atoms with E-state index in [0.717, 1.165) is 19.3 Å². The van der Waals surface area contributed by atoms with Crippen molar-refractivity contribution in [3.05, 3.63) is 29.3 Å². The molecule has 0 unspecified atom stereocenters. The first-order chi connectivity index (χ1) is 9.16. The Morgan fingerprint density at radius 2 is 2.05 bits per heavy atom. The number of carbonyl (C=O) groups is 2. The van der Waals surface area contributed by atoms with Gasteiger partial charge in [0.25, 0.3) is 0 Å². The fourth-order valence-electron chi connectivity index (χ4n) is 2.04. The number of rotatable bonds is 3. The van der Waals surface area contributed by atoms with Crippen molar-refractivity contribution in [3.63, 3.8) is 0 Å². The smallest absolute Gasteiger partial charge is 0.331 e. The highest BCUT2D eigenvalue weighted by Crippen LogP contribution is 2.23. The molecule has 1 saturated heterocycles. The summed E-state index contributed by atoms with van der Waals surface area (Å²) in [5, 5.41) is 0.387. The number of carbonyl (C=O) groups excluding carboxylic acids is 2. The average Bonchev–Trinajstić information content (AvgIpc) is 2.58. The Kier molecular flexibility index (Phi) is 4.80. The fraction of sp³-hybridized carbons (Fsp3) is 0.429. The van der Waals surface area contributed by atoms with Crippen LogP contribution >= 0.6 is 11.6 Å². The van der Waals surface area contributed by atoms with Gasteiger partial charge in [-0.25, -0.2) is 4.79 Å². The number of benzene rings is 1. The summed E-state index contributed by atoms with van der Waals surface area (Å²) in [5.41, 5.74) is 0. The Morgan fingerprint density at radius 1 is 1.26 bits per heavy atom. The summed E-state index contributed by atoms with van der Waals surface area (Å²) in [6.45, 7) is 0.612. The molecule has 0 aliphatic carbocycles. The second-order valence-corrected chi connectivity index (χ2v) is 4.94. The van der Waals surface area contributed by atoms with Gasteiger partial charge >= 0.3 is 5.97 Å². The number of amides is 1. The lowest BCUT2D eigenvalue weighted by Gasteiger charge is -2.19. The predicted molar refractivity (Wildman–Crippen MR) is 72.1 cm³/mol. The summed E-state index contributed by atoms with van der Waals surface area (Å²) in [5.74, 6) is -0.103. The van der Waals surface area contributed by atoms with Crippen LogP contribution in [0.4, 0.5) is 0 Å². The zero-order valence-corrected chi connectivity index (χ0v) is 11.4. The van der Waals surface area contributed by atoms with Gasteiger partial charge in [0, 0.05) is 13.0 Å². The van der Waals surface area contributed by atoms with Crippen LogP contribution in [0.5, 0.6) is 5.75 Å². The van der Waals surface area contributed by atoms with Crippen LogP contribution in [0.2, 0.25) is 5.02 Å². The van der Waals surface area contributed by atoms with Crippen molar-refractivity contribution in [1.82, 2.24) is 4.90 Å². The Labute approximate surface area is 117 Å². The number of hydrogen-bond acceptors (Lipinski definition) is 3. The van der Waals surface area contributed by atoms with Crippen LogP contribution in [0, 0.1) is 0 Å². The first kappa shape index (κ1) is 13.9. The molecule has 102 valence electrons. The van der Waals surface area contributed by atoms with E-state index in [-0.39, 0.29) is 12.5 Å². The molecule has 1 aliphatic heterocycles. The van der Waals surface area contributed by atoms with Crippen LogP contribution in [0.3, 0.4) is 0 Å². The first-order valence-electron chi connectivity index (χ1n) is 6.40. The van der Waals surface area contributed by atoms with Crippen LogP contribution in [-0.2, 0) is 9.59 Å². The Hall–Kier alpha value is -1.55. The molecule has 1 fully saturated rings. The van der Waals surface area contributed by atoms with E-state index >= 15 is 0 Å². The van der Waals surface area contributed by atoms with Gasteiger partial charge in [0.2, 0.25) is 5.91 Å². The van der Waals surface area contributed by atoms with Gasteiger partial charge in [0.1, 0.15) is 12.3 Å². The first-order valence-corrected chi connectivity index (χ1v) is 6.77. The number of para-hydroxylation sites is 1. The summed E-state index contributed by atoms with van der Waals surface area (Å²) in [6.07, 6.45) is 3.38. The maximum atomic E-state index is 11.8. The molecule has 0 atom stereocenters. The number of hydrogen-bond donors (Lipinski definition) is 0. The van der Waals surface area contributed by atoms with E-state index in [0.29, 0.717) is 23.7 Å². The average molecular weight is 282 g/mol. The van der Waals surface area contributed by atoms with Gasteiger partial charge in [-0.1, -0.05) is 30.2 Å². The van der Waals surface area contributed by atoms with E-state index in [9.17, 15) is 9.59 Å². The van der Waals surface area contributed by atoms with Gasteiger partial charge in [0.05, 0.1) is 5.02 Å². The Balaban J connectivity index is 1.93. The van der Waals surface area contributed by atoms with Crippen molar-refractivity contribution in [3.8, 4) is 5.75 Å². The summed E-state index contributed by atoms with van der Waals surface area (Å²) in [4.78, 5) is 25.1. The molecule has 2 rings (SSSR count). The monoisotopic (exact) mass is 281 g/mol. The summed E-state index contributed by atoms with van der Waals surface area (Å²) < 4.78 is 5.17. The highest BCUT2D eigenvalue weighted by Gasteiger charge is 2.20. The van der Waals surface area contributed by atoms with E-state index in [4.69, 9.17) is 16.3 Å². The largest absolute Gasteiger partial charge is 0.424 e. The molecule has 1 aromatic rings. The minimum Gasteiger partial charge on any atom is -0.424 e. The van der Waals surface area contributed by atoms with Crippen molar-refractivity contribution in [2.75, 3.05) is 13.1 Å². The summed E-state index contributed by atoms with van der Waals surface area (Å²) in [6, 6.07) is 6.79. The van der Waals surface area contributed by atoms with Crippen LogP contribution < -0.4 is 4.74 Å². The minimum atomic E-state index is -0.455. The predicted octanol–water partition coefficient (Wildman–Crippen LogP) is 2.65. The summed E-state index contributed by atoms with van der Waals surface area (Å²) in [7, 11) is 0. The van der Waals surface area contributed by atoms with Crippen molar-refractivity contribution in [2.45, 2.75) is 25.7 Å². The third kappa shape index (κ3) is 3.96. The molecular weight excluding hydrogens is 266 g/mol. The maximum absolute atomic E-state index is 11.8. The number of ether oxygens (including phenoxy) is 1. The highest BCUT2D eigenvalue weighted by molar-refractivity contribution is 6.32. The van der Waals surface area contributed by atoms with Gasteiger partial charge in [-0.15, -0.1) is 0 Å². The van der Waals surface area contributed by atoms with Gasteiger partial charge in [-0.2, -0.15) is 0 Å². The van der Waals surface area contributed by atoms with E-state index in [1.807, 2.05) is 0 Å². The van der Waals surface area contributed by atoms with E-state index in [2.05, 4.69) is 0 Å². The van der Waals surface area contributed by atoms with Gasteiger partial charge in [-0.05, 0) is 25.0 Å². The van der Waals surface area contributed by atoms with E-state index in [1.165, 1.54) is 0 Å². The molecule has 0 N–H and O–H groups in total. The standard InChI is InChI=1S/C14H16ClNO3/c15-11-6-3-4-7-12(11)19-14(18)10-16-9-5-1-2-8-13(16)17/h3-4,6-7H,1-2,5,8-10H2. The highest BCUT2D eigenvalue weighted by atomic mass is 35.5. The van der Waals surface area contributed by atoms with E-state index in [1.54, 1.807) is 29.2 Å². The third-order valence-electron chi connectivity index (χ3n) is 3.05. The van der Waals surface area contributed by atoms with Crippen LogP contribution in [0.1, 0.15) is 25.7 Å². The molecule has 1 aromatic carbocycles. The molecule has 0 saturated carbocycles. The molecular formula is C14H16ClNO3. The zero-order chi connectivity index (χ0) is 13.7. The number of nitrogens with zero attached hydrogens (tertiary/aromatic N) is 1. The normalized spacial score (nSPS) is 16.1. The molecule has 1 amide bonds. The van der Waals surface area contributed by atoms with Crippen LogP contribution in [-0.4, -0.2) is 29.9 Å². The number of halogens is 1. The molecule has 1 heterocycles. The number of likely N-dealkylation sites (tertiary alicyclic amines) is 1. The molecule has 4 nitrogen and oxygen atoms in total. The van der Waals surface area contributed by atoms with Crippen molar-refractivity contribution >= 4 is 23.5 Å². The molecule has 1 aliphatic rings. The topological polar surface area (TPSA) is 46.6 Å². The van der Waals surface area contributed by atoms with Gasteiger partial charge in [-0.3, -0.25) is 4.79 Å². The lowest BCUT2D eigenvalue weighted by atomic mass is 10.2. The quantitative estimate of drug-likeness (QED) is 0.632. The SMILES string of the molecule is O=C(CN1CCCCCC1=O)Oc1ccccc1Cl. The lowest BCUT2D eigenvalue weighted by Crippen LogP contribution is -2.36. The minimum absolute atomic E-state index is 0.00986. The van der Waals surface area contributed by atoms with Crippen molar-refractivity contribution in [2.24, 2.45) is 0 Å². The van der Waals surface area contributed by atoms with Gasteiger partial charge < -0.3 is 9.64 Å². The maximum Gasteiger partial charge on any atom is 0.331 e. The Morgan fingerprint density at radius 3 is 2.84 bits per heavy atom. The molecule has 0 bridgehead atoms. The molecule has 0 spiro atoms. The Bertz CT molecular complexity index is 476. The summed E-state index contributed by atoms with van der Waals surface area (Å²) >= 11 is 5.91.